The van der Waals surface area contributed by atoms with E-state index in [1.807, 2.05) is 0 Å². The van der Waals surface area contributed by atoms with Crippen LogP contribution >= 0.6 is 0 Å². The molecule has 134 valence electrons. The molecule has 2 N–H and O–H groups in total. The standard InChI is InChI=1S/C17H23F3N2O2/c1-16(2,24)12-6-4-11(5-7-12)8-21-15(23)13-9-22(3)10-14(13)17(18,19)20/h4-7,13-14,24H,8-10H2,1-3H3,(H,21,23)/t13-,14-/m1/s1. The molecule has 1 aromatic carbocycles. The van der Waals surface area contributed by atoms with Crippen molar-refractivity contribution in [3.8, 4) is 0 Å². The van der Waals surface area contributed by atoms with Crippen molar-refractivity contribution in [3.05, 3.63) is 35.4 Å². The van der Waals surface area contributed by atoms with Crippen molar-refractivity contribution in [1.29, 1.82) is 0 Å². The molecule has 2 rings (SSSR count). The van der Waals surface area contributed by atoms with E-state index < -0.39 is 29.5 Å². The summed E-state index contributed by atoms with van der Waals surface area (Å²) < 4.78 is 39.1. The molecule has 1 heterocycles. The number of rotatable bonds is 4. The molecular formula is C17H23F3N2O2. The summed E-state index contributed by atoms with van der Waals surface area (Å²) >= 11 is 0. The minimum Gasteiger partial charge on any atom is -0.386 e. The number of likely N-dealkylation sites (tertiary alicyclic amines) is 1. The van der Waals surface area contributed by atoms with E-state index in [0.29, 0.717) is 0 Å². The fourth-order valence-electron chi connectivity index (χ4n) is 2.95. The van der Waals surface area contributed by atoms with Crippen LogP contribution in [0.1, 0.15) is 25.0 Å². The third-order valence-electron chi connectivity index (χ3n) is 4.39. The summed E-state index contributed by atoms with van der Waals surface area (Å²) in [5.41, 5.74) is 0.536. The van der Waals surface area contributed by atoms with Crippen LogP contribution in [0.15, 0.2) is 24.3 Å². The van der Waals surface area contributed by atoms with Gasteiger partial charge in [0, 0.05) is 19.6 Å². The van der Waals surface area contributed by atoms with Crippen LogP contribution in [-0.2, 0) is 16.9 Å². The number of aliphatic hydroxyl groups is 1. The lowest BCUT2D eigenvalue weighted by Gasteiger charge is -2.21. The first-order valence-electron chi connectivity index (χ1n) is 7.83. The van der Waals surface area contributed by atoms with E-state index in [0.717, 1.165) is 11.1 Å². The third kappa shape index (κ3) is 4.48. The first-order valence-corrected chi connectivity index (χ1v) is 7.83. The molecule has 0 unspecified atom stereocenters. The van der Waals surface area contributed by atoms with E-state index in [1.54, 1.807) is 45.2 Å². The van der Waals surface area contributed by atoms with Crippen LogP contribution in [0.2, 0.25) is 0 Å². The van der Waals surface area contributed by atoms with E-state index in [-0.39, 0.29) is 19.6 Å². The van der Waals surface area contributed by atoms with Crippen molar-refractivity contribution >= 4 is 5.91 Å². The Bertz CT molecular complexity index is 579. The number of carbonyl (C=O) groups is 1. The molecule has 1 saturated heterocycles. The molecule has 0 aromatic heterocycles. The number of hydrogen-bond acceptors (Lipinski definition) is 3. The Morgan fingerprint density at radius 3 is 2.33 bits per heavy atom. The second kappa shape index (κ2) is 6.72. The summed E-state index contributed by atoms with van der Waals surface area (Å²) in [6.07, 6.45) is -4.37. The van der Waals surface area contributed by atoms with E-state index in [4.69, 9.17) is 0 Å². The van der Waals surface area contributed by atoms with E-state index in [1.165, 1.54) is 4.90 Å². The molecule has 1 aliphatic rings. The number of benzene rings is 1. The lowest BCUT2D eigenvalue weighted by atomic mass is 9.94. The summed E-state index contributed by atoms with van der Waals surface area (Å²) in [4.78, 5) is 13.7. The summed E-state index contributed by atoms with van der Waals surface area (Å²) in [7, 11) is 1.58. The van der Waals surface area contributed by atoms with Gasteiger partial charge in [0.15, 0.2) is 0 Å². The average molecular weight is 344 g/mol. The fourth-order valence-corrected chi connectivity index (χ4v) is 2.95. The van der Waals surface area contributed by atoms with Crippen molar-refractivity contribution in [1.82, 2.24) is 10.2 Å². The van der Waals surface area contributed by atoms with Crippen LogP contribution in [-0.4, -0.2) is 42.2 Å². The number of amides is 1. The molecule has 0 spiro atoms. The van der Waals surface area contributed by atoms with Gasteiger partial charge in [-0.3, -0.25) is 4.79 Å². The Hall–Kier alpha value is -1.60. The summed E-state index contributed by atoms with van der Waals surface area (Å²) in [6.45, 7) is 3.45. The van der Waals surface area contributed by atoms with Gasteiger partial charge in [0.05, 0.1) is 17.4 Å². The minimum atomic E-state index is -4.37. The van der Waals surface area contributed by atoms with E-state index in [2.05, 4.69) is 5.32 Å². The van der Waals surface area contributed by atoms with Gasteiger partial charge in [-0.05, 0) is 32.0 Å². The Morgan fingerprint density at radius 1 is 1.25 bits per heavy atom. The Morgan fingerprint density at radius 2 is 1.83 bits per heavy atom. The van der Waals surface area contributed by atoms with Gasteiger partial charge in [0.25, 0.3) is 0 Å². The lowest BCUT2D eigenvalue weighted by Crippen LogP contribution is -2.39. The molecule has 0 saturated carbocycles. The SMILES string of the molecule is CN1C[C@@H](C(F)(F)F)[C@H](C(=O)NCc2ccc(C(C)(C)O)cc2)C1. The highest BCUT2D eigenvalue weighted by molar-refractivity contribution is 5.79. The fraction of sp³-hybridized carbons (Fsp3) is 0.588. The van der Waals surface area contributed by atoms with Crippen LogP contribution in [0.25, 0.3) is 0 Å². The van der Waals surface area contributed by atoms with Crippen molar-refractivity contribution in [3.63, 3.8) is 0 Å². The zero-order valence-corrected chi connectivity index (χ0v) is 14.0. The van der Waals surface area contributed by atoms with Gasteiger partial charge in [0.2, 0.25) is 5.91 Å². The van der Waals surface area contributed by atoms with Gasteiger partial charge in [0.1, 0.15) is 0 Å². The van der Waals surface area contributed by atoms with Gasteiger partial charge in [-0.25, -0.2) is 0 Å². The molecule has 7 heteroatoms. The average Bonchev–Trinajstić information content (AvgIpc) is 2.86. The Kier molecular flexibility index (Phi) is 5.25. The molecule has 0 bridgehead atoms. The highest BCUT2D eigenvalue weighted by Crippen LogP contribution is 2.37. The lowest BCUT2D eigenvalue weighted by molar-refractivity contribution is -0.183. The number of hydrogen-bond donors (Lipinski definition) is 2. The Labute approximate surface area is 139 Å². The summed E-state index contributed by atoms with van der Waals surface area (Å²) in [6, 6.07) is 6.97. The summed E-state index contributed by atoms with van der Waals surface area (Å²) in [5.74, 6) is -3.28. The predicted molar refractivity (Wildman–Crippen MR) is 84.1 cm³/mol. The molecule has 2 atom stereocenters. The molecule has 1 aromatic rings. The molecular weight excluding hydrogens is 321 g/mol. The molecule has 0 radical (unpaired) electrons. The van der Waals surface area contributed by atoms with Crippen LogP contribution in [0.5, 0.6) is 0 Å². The quantitative estimate of drug-likeness (QED) is 0.881. The first kappa shape index (κ1) is 18.7. The zero-order valence-electron chi connectivity index (χ0n) is 14.0. The molecule has 0 aliphatic carbocycles. The highest BCUT2D eigenvalue weighted by atomic mass is 19.4. The molecule has 1 amide bonds. The highest BCUT2D eigenvalue weighted by Gasteiger charge is 2.51. The number of nitrogens with zero attached hydrogens (tertiary/aromatic N) is 1. The van der Waals surface area contributed by atoms with Crippen LogP contribution < -0.4 is 5.32 Å². The van der Waals surface area contributed by atoms with Crippen LogP contribution in [0, 0.1) is 11.8 Å². The number of nitrogens with one attached hydrogen (secondary N) is 1. The maximum absolute atomic E-state index is 13.0. The predicted octanol–water partition coefficient (Wildman–Crippen LogP) is 2.27. The second-order valence-corrected chi connectivity index (χ2v) is 6.95. The second-order valence-electron chi connectivity index (χ2n) is 6.95. The number of carbonyl (C=O) groups excluding carboxylic acids is 1. The normalized spacial score (nSPS) is 22.6. The van der Waals surface area contributed by atoms with Crippen LogP contribution in [0.4, 0.5) is 13.2 Å². The molecule has 1 fully saturated rings. The van der Waals surface area contributed by atoms with E-state index >= 15 is 0 Å². The Balaban J connectivity index is 1.97. The third-order valence-corrected chi connectivity index (χ3v) is 4.39. The van der Waals surface area contributed by atoms with Gasteiger partial charge in [-0.2, -0.15) is 13.2 Å². The smallest absolute Gasteiger partial charge is 0.386 e. The van der Waals surface area contributed by atoms with Crippen molar-refractivity contribution in [2.45, 2.75) is 32.2 Å². The van der Waals surface area contributed by atoms with Crippen LogP contribution in [0.3, 0.4) is 0 Å². The van der Waals surface area contributed by atoms with Gasteiger partial charge >= 0.3 is 6.18 Å². The molecule has 24 heavy (non-hydrogen) atoms. The van der Waals surface area contributed by atoms with Crippen molar-refractivity contribution in [2.24, 2.45) is 11.8 Å². The zero-order chi connectivity index (χ0) is 18.1. The molecule has 1 aliphatic heterocycles. The monoisotopic (exact) mass is 344 g/mol. The summed E-state index contributed by atoms with van der Waals surface area (Å²) in [5, 5.41) is 12.5. The largest absolute Gasteiger partial charge is 0.393 e. The van der Waals surface area contributed by atoms with Crippen molar-refractivity contribution in [2.75, 3.05) is 20.1 Å². The van der Waals surface area contributed by atoms with Gasteiger partial charge in [-0.15, -0.1) is 0 Å². The van der Waals surface area contributed by atoms with Gasteiger partial charge < -0.3 is 15.3 Å². The minimum absolute atomic E-state index is 0.105. The first-order chi connectivity index (χ1) is 11.0. The van der Waals surface area contributed by atoms with E-state index in [9.17, 15) is 23.1 Å². The maximum atomic E-state index is 13.0. The van der Waals surface area contributed by atoms with Crippen molar-refractivity contribution < 1.29 is 23.1 Å². The number of alkyl halides is 3. The molecule has 4 nitrogen and oxygen atoms in total. The topological polar surface area (TPSA) is 52.6 Å². The van der Waals surface area contributed by atoms with Gasteiger partial charge in [-0.1, -0.05) is 24.3 Å². The maximum Gasteiger partial charge on any atom is 0.393 e. The number of halogens is 3.